The number of benzene rings is 1. The van der Waals surface area contributed by atoms with Gasteiger partial charge in [0.1, 0.15) is 5.75 Å². The molecule has 1 unspecified atom stereocenters. The molecule has 0 radical (unpaired) electrons. The lowest BCUT2D eigenvalue weighted by atomic mass is 9.99. The fourth-order valence-electron chi connectivity index (χ4n) is 2.31. The predicted molar refractivity (Wildman–Crippen MR) is 89.4 cm³/mol. The monoisotopic (exact) mass is 313 g/mol. The fourth-order valence-corrected chi connectivity index (χ4v) is 2.31. The molecule has 1 aromatic carbocycles. The molecule has 4 N–H and O–H groups in total. The van der Waals surface area contributed by atoms with Gasteiger partial charge in [0, 0.05) is 11.6 Å². The standard InChI is InChI=1S/C17H19N3O3/c1-3-5-15(20-17(21)22)11-6-4-7-12(8-11)16-14(18)9-13(23-2)10-19-16/h3-4,6-10,15,20H,1,5,18H2,2H3,(H,21,22). The molecular formula is C17H19N3O3. The third-order valence-electron chi connectivity index (χ3n) is 3.39. The van der Waals surface area contributed by atoms with Crippen LogP contribution in [0.3, 0.4) is 0 Å². The highest BCUT2D eigenvalue weighted by Crippen LogP contribution is 2.29. The number of carbonyl (C=O) groups is 1. The topological polar surface area (TPSA) is 97.5 Å². The highest BCUT2D eigenvalue weighted by Gasteiger charge is 2.14. The van der Waals surface area contributed by atoms with E-state index in [0.717, 1.165) is 11.1 Å². The van der Waals surface area contributed by atoms with Crippen molar-refractivity contribution in [3.63, 3.8) is 0 Å². The zero-order chi connectivity index (χ0) is 16.8. The summed E-state index contributed by atoms with van der Waals surface area (Å²) in [5, 5.41) is 11.5. The van der Waals surface area contributed by atoms with E-state index in [0.29, 0.717) is 23.6 Å². The highest BCUT2D eigenvalue weighted by molar-refractivity contribution is 5.74. The summed E-state index contributed by atoms with van der Waals surface area (Å²) >= 11 is 0. The molecule has 0 spiro atoms. The number of nitrogens with one attached hydrogen (secondary N) is 1. The normalized spacial score (nSPS) is 11.5. The van der Waals surface area contributed by atoms with Crippen LogP contribution in [0.25, 0.3) is 11.3 Å². The van der Waals surface area contributed by atoms with Crippen LogP contribution in [0, 0.1) is 0 Å². The van der Waals surface area contributed by atoms with Crippen molar-refractivity contribution in [2.75, 3.05) is 12.8 Å². The van der Waals surface area contributed by atoms with E-state index in [1.807, 2.05) is 24.3 Å². The van der Waals surface area contributed by atoms with Crippen molar-refractivity contribution >= 4 is 11.8 Å². The molecular weight excluding hydrogens is 294 g/mol. The molecule has 6 heteroatoms. The van der Waals surface area contributed by atoms with Gasteiger partial charge in [-0.15, -0.1) is 6.58 Å². The lowest BCUT2D eigenvalue weighted by Crippen LogP contribution is -2.26. The van der Waals surface area contributed by atoms with Gasteiger partial charge >= 0.3 is 6.09 Å². The van der Waals surface area contributed by atoms with Crippen molar-refractivity contribution in [3.8, 4) is 17.0 Å². The van der Waals surface area contributed by atoms with Gasteiger partial charge in [-0.05, 0) is 18.1 Å². The number of rotatable bonds is 6. The molecule has 1 aromatic heterocycles. The predicted octanol–water partition coefficient (Wildman–Crippen LogP) is 3.22. The first kappa shape index (κ1) is 16.4. The minimum absolute atomic E-state index is 0.371. The van der Waals surface area contributed by atoms with E-state index in [1.165, 1.54) is 0 Å². The Morgan fingerprint density at radius 1 is 1.52 bits per heavy atom. The van der Waals surface area contributed by atoms with Crippen LogP contribution >= 0.6 is 0 Å². The smallest absolute Gasteiger partial charge is 0.405 e. The molecule has 0 aliphatic heterocycles. The first-order valence-corrected chi connectivity index (χ1v) is 7.05. The Bertz CT molecular complexity index is 716. The number of nitrogens with two attached hydrogens (primary N) is 1. The Morgan fingerprint density at radius 2 is 2.30 bits per heavy atom. The largest absolute Gasteiger partial charge is 0.495 e. The molecule has 1 amide bonds. The van der Waals surface area contributed by atoms with Crippen LogP contribution < -0.4 is 15.8 Å². The minimum Gasteiger partial charge on any atom is -0.495 e. The van der Waals surface area contributed by atoms with Crippen molar-refractivity contribution in [1.29, 1.82) is 0 Å². The van der Waals surface area contributed by atoms with Gasteiger partial charge in [-0.1, -0.05) is 24.3 Å². The number of ether oxygens (including phenoxy) is 1. The summed E-state index contributed by atoms with van der Waals surface area (Å²) < 4.78 is 5.09. The first-order valence-electron chi connectivity index (χ1n) is 7.05. The van der Waals surface area contributed by atoms with E-state index < -0.39 is 6.09 Å². The van der Waals surface area contributed by atoms with Crippen molar-refractivity contribution < 1.29 is 14.6 Å². The number of nitrogen functional groups attached to an aromatic ring is 1. The third kappa shape index (κ3) is 4.00. The number of nitrogens with zero attached hydrogens (tertiary/aromatic N) is 1. The van der Waals surface area contributed by atoms with E-state index in [1.54, 1.807) is 25.4 Å². The molecule has 6 nitrogen and oxygen atoms in total. The van der Waals surface area contributed by atoms with Crippen LogP contribution in [0.2, 0.25) is 0 Å². The third-order valence-corrected chi connectivity index (χ3v) is 3.39. The number of hydrogen-bond donors (Lipinski definition) is 3. The van der Waals surface area contributed by atoms with Crippen LogP contribution in [0.1, 0.15) is 18.0 Å². The van der Waals surface area contributed by atoms with Gasteiger partial charge < -0.3 is 20.9 Å². The van der Waals surface area contributed by atoms with Gasteiger partial charge in [0.2, 0.25) is 0 Å². The molecule has 2 rings (SSSR count). The summed E-state index contributed by atoms with van der Waals surface area (Å²) in [5.74, 6) is 0.583. The molecule has 0 saturated heterocycles. The van der Waals surface area contributed by atoms with Gasteiger partial charge in [-0.3, -0.25) is 4.98 Å². The average molecular weight is 313 g/mol. The van der Waals surface area contributed by atoms with Crippen LogP contribution in [0.15, 0.2) is 49.2 Å². The van der Waals surface area contributed by atoms with Crippen LogP contribution in [-0.2, 0) is 0 Å². The summed E-state index contributed by atoms with van der Waals surface area (Å²) in [5.41, 5.74) is 8.78. The SMILES string of the molecule is C=CCC(NC(=O)O)c1cccc(-c2ncc(OC)cc2N)c1. The number of amides is 1. The van der Waals surface area contributed by atoms with E-state index in [2.05, 4.69) is 16.9 Å². The van der Waals surface area contributed by atoms with Gasteiger partial charge in [0.05, 0.1) is 30.7 Å². The average Bonchev–Trinajstić information content (AvgIpc) is 2.54. The molecule has 2 aromatic rings. The zero-order valence-electron chi connectivity index (χ0n) is 12.8. The highest BCUT2D eigenvalue weighted by atomic mass is 16.5. The number of anilines is 1. The number of methoxy groups -OCH3 is 1. The van der Waals surface area contributed by atoms with Gasteiger partial charge in [-0.25, -0.2) is 4.79 Å². The molecule has 0 aliphatic rings. The van der Waals surface area contributed by atoms with Crippen molar-refractivity contribution in [3.05, 3.63) is 54.7 Å². The van der Waals surface area contributed by atoms with Crippen LogP contribution in [-0.4, -0.2) is 23.3 Å². The Labute approximate surface area is 134 Å². The summed E-state index contributed by atoms with van der Waals surface area (Å²) in [6.07, 6.45) is 2.67. The lowest BCUT2D eigenvalue weighted by Gasteiger charge is -2.17. The summed E-state index contributed by atoms with van der Waals surface area (Å²) in [6.45, 7) is 3.67. The Hall–Kier alpha value is -3.02. The second-order valence-corrected chi connectivity index (χ2v) is 4.96. The molecule has 120 valence electrons. The molecule has 23 heavy (non-hydrogen) atoms. The Balaban J connectivity index is 2.38. The van der Waals surface area contributed by atoms with Crippen molar-refractivity contribution in [2.45, 2.75) is 12.5 Å². The van der Waals surface area contributed by atoms with Crippen molar-refractivity contribution in [2.24, 2.45) is 0 Å². The maximum absolute atomic E-state index is 10.9. The summed E-state index contributed by atoms with van der Waals surface area (Å²) in [4.78, 5) is 15.3. The Morgan fingerprint density at radius 3 is 2.91 bits per heavy atom. The number of aromatic nitrogens is 1. The maximum atomic E-state index is 10.9. The molecule has 1 heterocycles. The summed E-state index contributed by atoms with van der Waals surface area (Å²) in [6, 6.07) is 8.77. The van der Waals surface area contributed by atoms with E-state index >= 15 is 0 Å². The number of pyridine rings is 1. The quantitative estimate of drug-likeness (QED) is 0.711. The van der Waals surface area contributed by atoms with E-state index in [9.17, 15) is 4.79 Å². The zero-order valence-corrected chi connectivity index (χ0v) is 12.8. The lowest BCUT2D eigenvalue weighted by molar-refractivity contribution is 0.190. The van der Waals surface area contributed by atoms with Crippen LogP contribution in [0.4, 0.5) is 10.5 Å². The number of hydrogen-bond acceptors (Lipinski definition) is 4. The minimum atomic E-state index is -1.08. The van der Waals surface area contributed by atoms with Crippen molar-refractivity contribution in [1.82, 2.24) is 10.3 Å². The second-order valence-electron chi connectivity index (χ2n) is 4.96. The first-order chi connectivity index (χ1) is 11.0. The van der Waals surface area contributed by atoms with Gasteiger partial charge in [0.25, 0.3) is 0 Å². The summed E-state index contributed by atoms with van der Waals surface area (Å²) in [7, 11) is 1.55. The molecule has 0 bridgehead atoms. The molecule has 0 fully saturated rings. The Kier molecular flexibility index (Phi) is 5.19. The fraction of sp³-hybridized carbons (Fsp3) is 0.176. The van der Waals surface area contributed by atoms with Crippen LogP contribution in [0.5, 0.6) is 5.75 Å². The van der Waals surface area contributed by atoms with Gasteiger partial charge in [-0.2, -0.15) is 0 Å². The van der Waals surface area contributed by atoms with E-state index in [-0.39, 0.29) is 6.04 Å². The maximum Gasteiger partial charge on any atom is 0.405 e. The van der Waals surface area contributed by atoms with E-state index in [4.69, 9.17) is 15.6 Å². The molecule has 0 aliphatic carbocycles. The van der Waals surface area contributed by atoms with Gasteiger partial charge in [0.15, 0.2) is 0 Å². The second kappa shape index (κ2) is 7.31. The molecule has 0 saturated carbocycles. The number of carboxylic acid groups (broad SMARTS) is 1. The molecule has 1 atom stereocenters.